The molecule has 2 aliphatic heterocycles. The number of hydrogen-bond acceptors (Lipinski definition) is 7. The molecule has 1 amide bonds. The molecule has 3 N–H and O–H groups in total. The number of rotatable bonds is 11. The zero-order valence-corrected chi connectivity index (χ0v) is 25.5. The van der Waals surface area contributed by atoms with Crippen LogP contribution in [0.2, 0.25) is 5.02 Å². The van der Waals surface area contributed by atoms with Gasteiger partial charge >= 0.3 is 0 Å². The van der Waals surface area contributed by atoms with Gasteiger partial charge in [0.05, 0.1) is 36.8 Å². The predicted octanol–water partition coefficient (Wildman–Crippen LogP) is 4.15. The SMILES string of the molecule is COCCN1CCN(c2ccc3c(c2)[nH]c2c(CC(N)=O)cc(-c4ccc(OCCN5CCOCC5)c(Cl)c4)cc23)CC1. The van der Waals surface area contributed by atoms with Crippen LogP contribution < -0.4 is 15.4 Å². The van der Waals surface area contributed by atoms with E-state index in [-0.39, 0.29) is 12.3 Å². The van der Waals surface area contributed by atoms with Gasteiger partial charge in [-0.25, -0.2) is 0 Å². The van der Waals surface area contributed by atoms with E-state index in [0.29, 0.717) is 17.4 Å². The smallest absolute Gasteiger partial charge is 0.221 e. The number of carbonyl (C=O) groups is 1. The van der Waals surface area contributed by atoms with Gasteiger partial charge in [0.1, 0.15) is 12.4 Å². The van der Waals surface area contributed by atoms with Crippen molar-refractivity contribution >= 4 is 45.0 Å². The predicted molar refractivity (Wildman–Crippen MR) is 172 cm³/mol. The lowest BCUT2D eigenvalue weighted by atomic mass is 9.97. The normalized spacial score (nSPS) is 16.7. The van der Waals surface area contributed by atoms with Gasteiger partial charge in [-0.15, -0.1) is 0 Å². The Morgan fingerprint density at radius 3 is 2.42 bits per heavy atom. The van der Waals surface area contributed by atoms with Crippen LogP contribution in [0.5, 0.6) is 5.75 Å². The number of morpholine rings is 1. The van der Waals surface area contributed by atoms with Gasteiger partial charge in [0, 0.05) is 81.4 Å². The monoisotopic (exact) mass is 605 g/mol. The Bertz CT molecular complexity index is 1580. The minimum Gasteiger partial charge on any atom is -0.491 e. The van der Waals surface area contributed by atoms with E-state index in [2.05, 4.69) is 43.9 Å². The van der Waals surface area contributed by atoms with E-state index >= 15 is 0 Å². The first-order valence-corrected chi connectivity index (χ1v) is 15.4. The van der Waals surface area contributed by atoms with E-state index in [1.54, 1.807) is 7.11 Å². The number of halogens is 1. The molecule has 1 aromatic heterocycles. The molecular formula is C33H40ClN5O4. The van der Waals surface area contributed by atoms with Crippen LogP contribution in [0, 0.1) is 0 Å². The lowest BCUT2D eigenvalue weighted by molar-refractivity contribution is -0.117. The van der Waals surface area contributed by atoms with E-state index in [1.165, 1.54) is 5.69 Å². The highest BCUT2D eigenvalue weighted by molar-refractivity contribution is 6.32. The quantitative estimate of drug-likeness (QED) is 0.265. The molecule has 0 atom stereocenters. The number of ether oxygens (including phenoxy) is 3. The van der Waals surface area contributed by atoms with Gasteiger partial charge in [-0.05, 0) is 53.1 Å². The van der Waals surface area contributed by atoms with Crippen molar-refractivity contribution in [3.8, 4) is 16.9 Å². The Morgan fingerprint density at radius 1 is 0.907 bits per heavy atom. The number of hydrogen-bond donors (Lipinski definition) is 2. The van der Waals surface area contributed by atoms with Crippen molar-refractivity contribution in [3.63, 3.8) is 0 Å². The van der Waals surface area contributed by atoms with Gasteiger partial charge in [-0.1, -0.05) is 23.7 Å². The number of anilines is 1. The first-order valence-electron chi connectivity index (χ1n) is 15.0. The summed E-state index contributed by atoms with van der Waals surface area (Å²) in [5.74, 6) is 0.294. The van der Waals surface area contributed by atoms with Crippen LogP contribution in [0.3, 0.4) is 0 Å². The third kappa shape index (κ3) is 6.92. The van der Waals surface area contributed by atoms with Crippen molar-refractivity contribution in [2.75, 3.05) is 90.8 Å². The summed E-state index contributed by atoms with van der Waals surface area (Å²) in [6.45, 7) is 10.5. The number of nitrogens with zero attached hydrogens (tertiary/aromatic N) is 3. The number of fused-ring (bicyclic) bond motifs is 3. The number of carbonyl (C=O) groups excluding carboxylic acids is 1. The highest BCUT2D eigenvalue weighted by atomic mass is 35.5. The number of nitrogens with one attached hydrogen (secondary N) is 1. The number of benzene rings is 3. The summed E-state index contributed by atoms with van der Waals surface area (Å²) in [7, 11) is 1.75. The summed E-state index contributed by atoms with van der Waals surface area (Å²) in [6, 6.07) is 16.7. The molecule has 43 heavy (non-hydrogen) atoms. The van der Waals surface area contributed by atoms with Gasteiger partial charge in [-0.2, -0.15) is 0 Å². The summed E-state index contributed by atoms with van der Waals surface area (Å²) >= 11 is 6.69. The van der Waals surface area contributed by atoms with E-state index in [4.69, 9.17) is 31.5 Å². The molecule has 9 nitrogen and oxygen atoms in total. The lowest BCUT2D eigenvalue weighted by Gasteiger charge is -2.36. The minimum absolute atomic E-state index is 0.143. The van der Waals surface area contributed by atoms with E-state index in [0.717, 1.165) is 111 Å². The van der Waals surface area contributed by atoms with E-state index in [1.807, 2.05) is 24.3 Å². The molecule has 2 saturated heterocycles. The summed E-state index contributed by atoms with van der Waals surface area (Å²) in [6.07, 6.45) is 0.143. The van der Waals surface area contributed by atoms with Crippen molar-refractivity contribution in [1.29, 1.82) is 0 Å². The average Bonchev–Trinajstić information content (AvgIpc) is 3.39. The topological polar surface area (TPSA) is 96.3 Å². The van der Waals surface area contributed by atoms with Crippen LogP contribution in [0.15, 0.2) is 48.5 Å². The number of nitrogens with two attached hydrogens (primary N) is 1. The molecule has 0 spiro atoms. The summed E-state index contributed by atoms with van der Waals surface area (Å²) in [5.41, 5.74) is 11.7. The van der Waals surface area contributed by atoms with Crippen LogP contribution in [0.25, 0.3) is 32.9 Å². The standard InChI is InChI=1S/C33H40ClN5O4/c1-41-14-10-37-6-8-39(9-7-37)26-3-4-27-28-19-24(18-25(21-32(35)40)33(28)36-30(27)22-26)23-2-5-31(29(34)20-23)43-17-13-38-11-15-42-16-12-38/h2-5,18-20,22,36H,6-17,21H2,1H3,(H2,35,40). The van der Waals surface area contributed by atoms with Crippen molar-refractivity contribution in [2.24, 2.45) is 5.73 Å². The molecule has 2 aliphatic rings. The van der Waals surface area contributed by atoms with Gasteiger partial charge in [-0.3, -0.25) is 14.6 Å². The van der Waals surface area contributed by atoms with Gasteiger partial charge in [0.2, 0.25) is 5.91 Å². The number of methoxy groups -OCH3 is 1. The Morgan fingerprint density at radius 2 is 1.67 bits per heavy atom. The third-order valence-electron chi connectivity index (χ3n) is 8.52. The van der Waals surface area contributed by atoms with Gasteiger partial charge in [0.25, 0.3) is 0 Å². The Labute approximate surface area is 257 Å². The van der Waals surface area contributed by atoms with Crippen molar-refractivity contribution in [2.45, 2.75) is 6.42 Å². The van der Waals surface area contributed by atoms with Crippen LogP contribution in [0.1, 0.15) is 5.56 Å². The molecule has 2 fully saturated rings. The molecule has 4 aromatic rings. The molecule has 228 valence electrons. The number of amides is 1. The van der Waals surface area contributed by atoms with Gasteiger partial charge < -0.3 is 29.8 Å². The van der Waals surface area contributed by atoms with Crippen molar-refractivity contribution < 1.29 is 19.0 Å². The molecule has 0 saturated carbocycles. The molecule has 10 heteroatoms. The maximum absolute atomic E-state index is 12.1. The number of H-pyrrole nitrogens is 1. The lowest BCUT2D eigenvalue weighted by Crippen LogP contribution is -2.47. The second-order valence-electron chi connectivity index (χ2n) is 11.3. The number of piperazine rings is 1. The highest BCUT2D eigenvalue weighted by Crippen LogP contribution is 2.37. The highest BCUT2D eigenvalue weighted by Gasteiger charge is 2.19. The molecular weight excluding hydrogens is 566 g/mol. The molecule has 0 bridgehead atoms. The zero-order valence-electron chi connectivity index (χ0n) is 24.7. The van der Waals surface area contributed by atoms with Crippen molar-refractivity contribution in [1.82, 2.24) is 14.8 Å². The fraction of sp³-hybridized carbons (Fsp3) is 0.424. The first kappa shape index (κ1) is 29.7. The zero-order chi connectivity index (χ0) is 29.8. The van der Waals surface area contributed by atoms with Crippen LogP contribution in [-0.4, -0.2) is 107 Å². The maximum Gasteiger partial charge on any atom is 0.221 e. The number of primary amides is 1. The Hall–Kier alpha value is -3.34. The van der Waals surface area contributed by atoms with Gasteiger partial charge in [0.15, 0.2) is 0 Å². The summed E-state index contributed by atoms with van der Waals surface area (Å²) in [5, 5.41) is 2.72. The second kappa shape index (κ2) is 13.5. The van der Waals surface area contributed by atoms with E-state index in [9.17, 15) is 4.79 Å². The summed E-state index contributed by atoms with van der Waals surface area (Å²) < 4.78 is 16.7. The fourth-order valence-corrected chi connectivity index (χ4v) is 6.35. The van der Waals surface area contributed by atoms with Crippen molar-refractivity contribution in [3.05, 3.63) is 59.1 Å². The average molecular weight is 606 g/mol. The molecule has 6 rings (SSSR count). The largest absolute Gasteiger partial charge is 0.491 e. The fourth-order valence-electron chi connectivity index (χ4n) is 6.11. The molecule has 0 radical (unpaired) electrons. The number of aromatic nitrogens is 1. The Balaban J connectivity index is 1.24. The second-order valence-corrected chi connectivity index (χ2v) is 11.7. The maximum atomic E-state index is 12.1. The number of aromatic amines is 1. The molecule has 3 heterocycles. The van der Waals surface area contributed by atoms with Crippen LogP contribution in [-0.2, 0) is 20.7 Å². The summed E-state index contributed by atoms with van der Waals surface area (Å²) in [4.78, 5) is 22.9. The molecule has 0 unspecified atom stereocenters. The minimum atomic E-state index is -0.369. The molecule has 3 aromatic carbocycles. The van der Waals surface area contributed by atoms with E-state index < -0.39 is 0 Å². The Kier molecular flexibility index (Phi) is 9.35. The van der Waals surface area contributed by atoms with Crippen LogP contribution >= 0.6 is 11.6 Å². The molecule has 0 aliphatic carbocycles. The van der Waals surface area contributed by atoms with Crippen LogP contribution in [0.4, 0.5) is 5.69 Å². The third-order valence-corrected chi connectivity index (χ3v) is 8.82. The first-order chi connectivity index (χ1) is 21.0.